The Morgan fingerprint density at radius 2 is 1.53 bits per heavy atom. The molecule has 0 amide bonds. The minimum atomic E-state index is -0.378. The van der Waals surface area contributed by atoms with Crippen LogP contribution in [0.5, 0.6) is 11.5 Å². The molecule has 0 spiro atoms. The number of phenolic OH excluding ortho intramolecular Hbond substituents is 2. The molecule has 0 radical (unpaired) electrons. The summed E-state index contributed by atoms with van der Waals surface area (Å²) in [5.41, 5.74) is 5.12. The molecular weight excluding hydrogens is 376 g/mol. The lowest BCUT2D eigenvalue weighted by atomic mass is 10.0. The van der Waals surface area contributed by atoms with E-state index >= 15 is 0 Å². The summed E-state index contributed by atoms with van der Waals surface area (Å²) in [5, 5.41) is 20.7. The first-order valence-electron chi connectivity index (χ1n) is 10.0. The first kappa shape index (κ1) is 23.0. The molecule has 0 aromatic heterocycles. The molecule has 0 aliphatic rings. The number of allylic oxidation sites excluding steroid dienone is 4. The van der Waals surface area contributed by atoms with Crippen LogP contribution in [0.1, 0.15) is 60.7 Å². The molecule has 0 atom stereocenters. The quantitative estimate of drug-likeness (QED) is 0.307. The smallest absolute Gasteiger partial charge is 0.337 e. The van der Waals surface area contributed by atoms with Gasteiger partial charge in [0.15, 0.2) is 0 Å². The molecule has 2 aromatic rings. The van der Waals surface area contributed by atoms with E-state index in [2.05, 4.69) is 31.6 Å². The van der Waals surface area contributed by atoms with E-state index in [0.29, 0.717) is 23.1 Å². The highest BCUT2D eigenvalue weighted by Gasteiger charge is 2.08. The Bertz CT molecular complexity index is 936. The summed E-state index contributed by atoms with van der Waals surface area (Å²) in [6, 6.07) is 10.3. The number of methoxy groups -OCH3 is 1. The van der Waals surface area contributed by atoms with Crippen LogP contribution in [0.25, 0.3) is 12.2 Å². The van der Waals surface area contributed by atoms with Gasteiger partial charge in [-0.1, -0.05) is 47.6 Å². The normalized spacial score (nSPS) is 11.5. The highest BCUT2D eigenvalue weighted by molar-refractivity contribution is 5.89. The summed E-state index contributed by atoms with van der Waals surface area (Å²) >= 11 is 0. The maximum atomic E-state index is 11.5. The number of hydrogen-bond donors (Lipinski definition) is 2. The molecule has 2 rings (SSSR count). The van der Waals surface area contributed by atoms with Crippen LogP contribution in [-0.2, 0) is 11.2 Å². The maximum Gasteiger partial charge on any atom is 0.337 e. The minimum Gasteiger partial charge on any atom is -0.507 e. The van der Waals surface area contributed by atoms with Crippen molar-refractivity contribution in [3.63, 3.8) is 0 Å². The number of phenols is 2. The molecule has 0 saturated heterocycles. The Morgan fingerprint density at radius 1 is 0.933 bits per heavy atom. The third-order valence-corrected chi connectivity index (χ3v) is 4.77. The molecule has 0 unspecified atom stereocenters. The topological polar surface area (TPSA) is 66.8 Å². The number of carbonyl (C=O) groups excluding carboxylic acids is 1. The fourth-order valence-corrected chi connectivity index (χ4v) is 2.98. The van der Waals surface area contributed by atoms with Crippen molar-refractivity contribution in [2.75, 3.05) is 7.11 Å². The van der Waals surface area contributed by atoms with Crippen molar-refractivity contribution in [3.8, 4) is 11.5 Å². The van der Waals surface area contributed by atoms with Crippen LogP contribution in [0.3, 0.4) is 0 Å². The van der Waals surface area contributed by atoms with Crippen LogP contribution in [-0.4, -0.2) is 23.3 Å². The molecule has 0 heterocycles. The lowest BCUT2D eigenvalue weighted by Gasteiger charge is -2.08. The number of rotatable bonds is 8. The molecule has 4 nitrogen and oxygen atoms in total. The summed E-state index contributed by atoms with van der Waals surface area (Å²) in [7, 11) is 1.35. The Hall–Kier alpha value is -3.27. The van der Waals surface area contributed by atoms with Gasteiger partial charge in [-0.2, -0.15) is 0 Å². The fraction of sp³-hybridized carbons (Fsp3) is 0.269. The second kappa shape index (κ2) is 11.1. The second-order valence-corrected chi connectivity index (χ2v) is 7.56. The molecule has 0 bridgehead atoms. The van der Waals surface area contributed by atoms with E-state index in [4.69, 9.17) is 0 Å². The third-order valence-electron chi connectivity index (χ3n) is 4.77. The highest BCUT2D eigenvalue weighted by Crippen LogP contribution is 2.31. The Kier molecular flexibility index (Phi) is 8.48. The van der Waals surface area contributed by atoms with Crippen molar-refractivity contribution in [3.05, 3.63) is 82.0 Å². The number of aromatic hydroxyl groups is 2. The summed E-state index contributed by atoms with van der Waals surface area (Å²) in [4.78, 5) is 11.5. The van der Waals surface area contributed by atoms with Gasteiger partial charge in [0.2, 0.25) is 0 Å². The SMILES string of the molecule is COC(=O)c1ccc(/C=C/c2cc(O)c(C/C=C(\C)CCC=C(C)C)c(O)c2)cc1. The maximum absolute atomic E-state index is 11.5. The molecule has 2 N–H and O–H groups in total. The number of benzene rings is 2. The zero-order valence-corrected chi connectivity index (χ0v) is 18.1. The van der Waals surface area contributed by atoms with Gasteiger partial charge in [0.05, 0.1) is 12.7 Å². The summed E-state index contributed by atoms with van der Waals surface area (Å²) < 4.78 is 4.69. The molecule has 0 aliphatic carbocycles. The molecule has 30 heavy (non-hydrogen) atoms. The Balaban J connectivity index is 2.07. The van der Waals surface area contributed by atoms with Gasteiger partial charge in [-0.15, -0.1) is 0 Å². The van der Waals surface area contributed by atoms with Gasteiger partial charge >= 0.3 is 5.97 Å². The van der Waals surface area contributed by atoms with Gasteiger partial charge in [-0.3, -0.25) is 0 Å². The van der Waals surface area contributed by atoms with Gasteiger partial charge in [0.25, 0.3) is 0 Å². The van der Waals surface area contributed by atoms with E-state index in [0.717, 1.165) is 18.4 Å². The standard InChI is InChI=1S/C26H30O4/c1-18(2)6-5-7-19(3)8-15-23-24(27)16-21(17-25(23)28)10-9-20-11-13-22(14-12-20)26(29)30-4/h6,8-14,16-17,27-28H,5,7,15H2,1-4H3/b10-9+,19-8+. The number of hydrogen-bond acceptors (Lipinski definition) is 4. The first-order valence-corrected chi connectivity index (χ1v) is 10.0. The summed E-state index contributed by atoms with van der Waals surface area (Å²) in [5.74, 6) is -0.231. The monoisotopic (exact) mass is 406 g/mol. The molecule has 4 heteroatoms. The Morgan fingerprint density at radius 3 is 2.10 bits per heavy atom. The zero-order valence-electron chi connectivity index (χ0n) is 18.1. The van der Waals surface area contributed by atoms with Gasteiger partial charge in [0.1, 0.15) is 11.5 Å². The van der Waals surface area contributed by atoms with E-state index < -0.39 is 0 Å². The van der Waals surface area contributed by atoms with Crippen molar-refractivity contribution < 1.29 is 19.7 Å². The summed E-state index contributed by atoms with van der Waals surface area (Å²) in [6.07, 6.45) is 10.3. The lowest BCUT2D eigenvalue weighted by molar-refractivity contribution is 0.0600. The largest absolute Gasteiger partial charge is 0.507 e. The van der Waals surface area contributed by atoms with Crippen molar-refractivity contribution in [1.29, 1.82) is 0 Å². The zero-order chi connectivity index (χ0) is 22.1. The van der Waals surface area contributed by atoms with Crippen LogP contribution >= 0.6 is 0 Å². The van der Waals surface area contributed by atoms with E-state index in [-0.39, 0.29) is 17.5 Å². The van der Waals surface area contributed by atoms with Crippen molar-refractivity contribution in [2.24, 2.45) is 0 Å². The summed E-state index contributed by atoms with van der Waals surface area (Å²) in [6.45, 7) is 6.24. The predicted molar refractivity (Wildman–Crippen MR) is 123 cm³/mol. The van der Waals surface area contributed by atoms with Crippen LogP contribution in [0.4, 0.5) is 0 Å². The van der Waals surface area contributed by atoms with E-state index in [1.165, 1.54) is 18.3 Å². The van der Waals surface area contributed by atoms with Gasteiger partial charge in [-0.05, 0) is 75.4 Å². The molecule has 0 saturated carbocycles. The van der Waals surface area contributed by atoms with Crippen LogP contribution in [0, 0.1) is 0 Å². The van der Waals surface area contributed by atoms with E-state index in [1.807, 2.05) is 12.2 Å². The van der Waals surface area contributed by atoms with Gasteiger partial charge in [0, 0.05) is 5.56 Å². The van der Waals surface area contributed by atoms with Crippen LogP contribution in [0.15, 0.2) is 59.7 Å². The van der Waals surface area contributed by atoms with Gasteiger partial charge < -0.3 is 14.9 Å². The minimum absolute atomic E-state index is 0.0732. The van der Waals surface area contributed by atoms with Gasteiger partial charge in [-0.25, -0.2) is 4.79 Å². The number of carbonyl (C=O) groups is 1. The molecular formula is C26H30O4. The second-order valence-electron chi connectivity index (χ2n) is 7.56. The number of esters is 1. The van der Waals surface area contributed by atoms with E-state index in [1.54, 1.807) is 42.5 Å². The van der Waals surface area contributed by atoms with Crippen LogP contribution < -0.4 is 0 Å². The van der Waals surface area contributed by atoms with Crippen LogP contribution in [0.2, 0.25) is 0 Å². The highest BCUT2D eigenvalue weighted by atomic mass is 16.5. The van der Waals surface area contributed by atoms with E-state index in [9.17, 15) is 15.0 Å². The third kappa shape index (κ3) is 6.96. The molecule has 0 aliphatic heterocycles. The lowest BCUT2D eigenvalue weighted by Crippen LogP contribution is -2.00. The Labute approximate surface area is 178 Å². The fourth-order valence-electron chi connectivity index (χ4n) is 2.98. The average Bonchev–Trinajstić information content (AvgIpc) is 2.71. The van der Waals surface area contributed by atoms with Crippen molar-refractivity contribution in [2.45, 2.75) is 40.0 Å². The van der Waals surface area contributed by atoms with Crippen molar-refractivity contribution >= 4 is 18.1 Å². The molecule has 0 fully saturated rings. The molecule has 158 valence electrons. The first-order chi connectivity index (χ1) is 14.3. The molecule has 2 aromatic carbocycles. The average molecular weight is 407 g/mol. The van der Waals surface area contributed by atoms with Crippen molar-refractivity contribution in [1.82, 2.24) is 0 Å². The number of ether oxygens (including phenoxy) is 1. The predicted octanol–water partition coefficient (Wildman–Crippen LogP) is 6.29.